The maximum atomic E-state index is 4.61. The van der Waals surface area contributed by atoms with Gasteiger partial charge in [0.2, 0.25) is 0 Å². The van der Waals surface area contributed by atoms with Crippen molar-refractivity contribution in [3.8, 4) is 0 Å². The van der Waals surface area contributed by atoms with E-state index in [1.807, 2.05) is 0 Å². The molecule has 128 valence electrons. The third-order valence-electron chi connectivity index (χ3n) is 6.10. The Bertz CT molecular complexity index is 724. The van der Waals surface area contributed by atoms with Crippen LogP contribution in [0.2, 0.25) is 0 Å². The van der Waals surface area contributed by atoms with E-state index in [0.29, 0.717) is 0 Å². The van der Waals surface area contributed by atoms with Crippen molar-refractivity contribution in [3.05, 3.63) is 17.3 Å². The molecule has 2 aromatic rings. The minimum Gasteiger partial charge on any atom is -0.356 e. The molecule has 0 aromatic carbocycles. The zero-order valence-electron chi connectivity index (χ0n) is 14.2. The average molecular weight is 344 g/mol. The molecule has 0 radical (unpaired) electrons. The van der Waals surface area contributed by atoms with Gasteiger partial charge in [0.05, 0.1) is 5.39 Å². The first-order valence-corrected chi connectivity index (χ1v) is 10.0. The highest BCUT2D eigenvalue weighted by molar-refractivity contribution is 7.18. The lowest BCUT2D eigenvalue weighted by molar-refractivity contribution is 0.195. The molecule has 0 aliphatic carbocycles. The summed E-state index contributed by atoms with van der Waals surface area (Å²) in [6, 6.07) is 3.77. The molecule has 3 fully saturated rings. The van der Waals surface area contributed by atoms with Crippen LogP contribution in [0.15, 0.2) is 12.4 Å². The zero-order chi connectivity index (χ0) is 16.1. The lowest BCUT2D eigenvalue weighted by Crippen LogP contribution is -2.45. The maximum absolute atomic E-state index is 4.61. The molecule has 0 amide bonds. The fourth-order valence-corrected chi connectivity index (χ4v) is 5.68. The second kappa shape index (κ2) is 5.93. The monoisotopic (exact) mass is 343 g/mol. The lowest BCUT2D eigenvalue weighted by atomic mass is 10.0. The molecular formula is C18H25N5S. The van der Waals surface area contributed by atoms with Gasteiger partial charge in [-0.1, -0.05) is 0 Å². The van der Waals surface area contributed by atoms with Gasteiger partial charge in [-0.2, -0.15) is 0 Å². The molecule has 5 nitrogen and oxygen atoms in total. The second-order valence-corrected chi connectivity index (χ2v) is 8.79. The standard InChI is InChI=1S/C18H25N5S/c1-12-8-15-17(20-11-21-18(15)24-12)22-6-3-14(4-7-22)23-9-13-2-5-19-16(13)10-23/h8,11,13-14,16,19H,2-7,9-10H2,1H3/t13-,16+/m1/s1. The molecule has 0 spiro atoms. The first-order valence-electron chi connectivity index (χ1n) is 9.21. The quantitative estimate of drug-likeness (QED) is 0.906. The minimum atomic E-state index is 0.759. The molecule has 2 atom stereocenters. The Morgan fingerprint density at radius 1 is 1.17 bits per heavy atom. The van der Waals surface area contributed by atoms with Crippen LogP contribution >= 0.6 is 11.3 Å². The first-order chi connectivity index (χ1) is 11.8. The van der Waals surface area contributed by atoms with Crippen LogP contribution in [0.3, 0.4) is 0 Å². The predicted molar refractivity (Wildman–Crippen MR) is 98.9 cm³/mol. The van der Waals surface area contributed by atoms with Crippen molar-refractivity contribution in [3.63, 3.8) is 0 Å². The SMILES string of the molecule is Cc1cc2c(N3CCC(N4C[C@H]5CCN[C@H]5C4)CC3)ncnc2s1. The van der Waals surface area contributed by atoms with Gasteiger partial charge in [-0.15, -0.1) is 11.3 Å². The highest BCUT2D eigenvalue weighted by Gasteiger charge is 2.39. The van der Waals surface area contributed by atoms with Gasteiger partial charge in [-0.05, 0) is 44.7 Å². The Kier molecular flexibility index (Phi) is 3.72. The average Bonchev–Trinajstić information content (AvgIpc) is 3.27. The van der Waals surface area contributed by atoms with E-state index in [2.05, 4.69) is 38.1 Å². The Morgan fingerprint density at radius 3 is 2.88 bits per heavy atom. The van der Waals surface area contributed by atoms with E-state index >= 15 is 0 Å². The van der Waals surface area contributed by atoms with E-state index in [-0.39, 0.29) is 0 Å². The summed E-state index contributed by atoms with van der Waals surface area (Å²) in [4.78, 5) is 16.7. The van der Waals surface area contributed by atoms with E-state index in [1.54, 1.807) is 17.7 Å². The summed E-state index contributed by atoms with van der Waals surface area (Å²) in [6.07, 6.45) is 5.62. The number of nitrogens with zero attached hydrogens (tertiary/aromatic N) is 4. The molecule has 2 aromatic heterocycles. The Labute approximate surface area is 147 Å². The van der Waals surface area contributed by atoms with Crippen molar-refractivity contribution < 1.29 is 0 Å². The van der Waals surface area contributed by atoms with Crippen molar-refractivity contribution in [1.29, 1.82) is 0 Å². The largest absolute Gasteiger partial charge is 0.356 e. The van der Waals surface area contributed by atoms with Gasteiger partial charge < -0.3 is 10.2 Å². The van der Waals surface area contributed by atoms with Crippen LogP contribution < -0.4 is 10.2 Å². The van der Waals surface area contributed by atoms with E-state index in [1.165, 1.54) is 49.2 Å². The topological polar surface area (TPSA) is 44.3 Å². The highest BCUT2D eigenvalue weighted by Crippen LogP contribution is 2.33. The number of hydrogen-bond donors (Lipinski definition) is 1. The third-order valence-corrected chi connectivity index (χ3v) is 7.06. The Morgan fingerprint density at radius 2 is 2.04 bits per heavy atom. The fourth-order valence-electron chi connectivity index (χ4n) is 4.84. The summed E-state index contributed by atoms with van der Waals surface area (Å²) in [5.41, 5.74) is 0. The van der Waals surface area contributed by atoms with Crippen LogP contribution in [-0.2, 0) is 0 Å². The van der Waals surface area contributed by atoms with Gasteiger partial charge in [-0.3, -0.25) is 4.90 Å². The molecular weight excluding hydrogens is 318 g/mol. The second-order valence-electron chi connectivity index (χ2n) is 7.55. The summed E-state index contributed by atoms with van der Waals surface area (Å²) in [5.74, 6) is 2.04. The number of aryl methyl sites for hydroxylation is 1. The summed E-state index contributed by atoms with van der Waals surface area (Å²) >= 11 is 1.77. The van der Waals surface area contributed by atoms with Gasteiger partial charge in [0, 0.05) is 43.1 Å². The molecule has 1 N–H and O–H groups in total. The Balaban J connectivity index is 1.28. The van der Waals surface area contributed by atoms with Gasteiger partial charge in [0.1, 0.15) is 17.0 Å². The van der Waals surface area contributed by atoms with Gasteiger partial charge >= 0.3 is 0 Å². The summed E-state index contributed by atoms with van der Waals surface area (Å²) in [5, 5.41) is 4.91. The first kappa shape index (κ1) is 15.0. The van der Waals surface area contributed by atoms with Crippen LogP contribution in [-0.4, -0.2) is 59.7 Å². The van der Waals surface area contributed by atoms with Gasteiger partial charge in [0.25, 0.3) is 0 Å². The molecule has 0 unspecified atom stereocenters. The smallest absolute Gasteiger partial charge is 0.140 e. The van der Waals surface area contributed by atoms with Crippen LogP contribution in [0, 0.1) is 12.8 Å². The number of hydrogen-bond acceptors (Lipinski definition) is 6. The van der Waals surface area contributed by atoms with Crippen molar-refractivity contribution in [1.82, 2.24) is 20.2 Å². The van der Waals surface area contributed by atoms with Crippen LogP contribution in [0.5, 0.6) is 0 Å². The van der Waals surface area contributed by atoms with Crippen molar-refractivity contribution in [2.24, 2.45) is 5.92 Å². The number of rotatable bonds is 2. The molecule has 3 saturated heterocycles. The zero-order valence-corrected chi connectivity index (χ0v) is 15.1. The third kappa shape index (κ3) is 2.52. The van der Waals surface area contributed by atoms with Crippen molar-refractivity contribution in [2.75, 3.05) is 37.6 Å². The number of likely N-dealkylation sites (tertiary alicyclic amines) is 1. The predicted octanol–water partition coefficient (Wildman–Crippen LogP) is 2.26. The number of piperidine rings is 1. The number of thiophene rings is 1. The van der Waals surface area contributed by atoms with E-state index in [9.17, 15) is 0 Å². The van der Waals surface area contributed by atoms with Crippen LogP contribution in [0.4, 0.5) is 5.82 Å². The molecule has 3 aliphatic rings. The van der Waals surface area contributed by atoms with Crippen molar-refractivity contribution in [2.45, 2.75) is 38.3 Å². The van der Waals surface area contributed by atoms with Crippen LogP contribution in [0.25, 0.3) is 10.2 Å². The minimum absolute atomic E-state index is 0.759. The summed E-state index contributed by atoms with van der Waals surface area (Å²) in [7, 11) is 0. The summed E-state index contributed by atoms with van der Waals surface area (Å²) < 4.78 is 0. The molecule has 5 heterocycles. The molecule has 0 bridgehead atoms. The molecule has 6 heteroatoms. The molecule has 24 heavy (non-hydrogen) atoms. The summed E-state index contributed by atoms with van der Waals surface area (Å²) in [6.45, 7) is 8.18. The number of nitrogens with one attached hydrogen (secondary N) is 1. The molecule has 5 rings (SSSR count). The maximum Gasteiger partial charge on any atom is 0.140 e. The number of fused-ring (bicyclic) bond motifs is 2. The van der Waals surface area contributed by atoms with E-state index in [0.717, 1.165) is 41.7 Å². The molecule has 0 saturated carbocycles. The highest BCUT2D eigenvalue weighted by atomic mass is 32.1. The number of anilines is 1. The Hall–Kier alpha value is -1.24. The number of aromatic nitrogens is 2. The van der Waals surface area contributed by atoms with E-state index in [4.69, 9.17) is 0 Å². The van der Waals surface area contributed by atoms with Gasteiger partial charge in [0.15, 0.2) is 0 Å². The fraction of sp³-hybridized carbons (Fsp3) is 0.667. The lowest BCUT2D eigenvalue weighted by Gasteiger charge is -2.37. The van der Waals surface area contributed by atoms with Gasteiger partial charge in [-0.25, -0.2) is 9.97 Å². The van der Waals surface area contributed by atoms with Crippen molar-refractivity contribution >= 4 is 27.4 Å². The molecule has 3 aliphatic heterocycles. The normalized spacial score (nSPS) is 28.8. The van der Waals surface area contributed by atoms with E-state index < -0.39 is 0 Å². The van der Waals surface area contributed by atoms with Crippen LogP contribution in [0.1, 0.15) is 24.1 Å².